The Hall–Kier alpha value is -0.400. The van der Waals surface area contributed by atoms with E-state index in [1.165, 1.54) is 0 Å². The lowest BCUT2D eigenvalue weighted by Crippen LogP contribution is -2.53. The Bertz CT molecular complexity index is 541. The Morgan fingerprint density at radius 3 is 1.81 bits per heavy atom. The van der Waals surface area contributed by atoms with Crippen LogP contribution in [0.1, 0.15) is 99.3 Å². The van der Waals surface area contributed by atoms with Crippen molar-refractivity contribution in [2.24, 2.45) is 5.41 Å². The maximum atomic E-state index is 12.3. The summed E-state index contributed by atoms with van der Waals surface area (Å²) in [5.41, 5.74) is 0.307. The lowest BCUT2D eigenvalue weighted by Gasteiger charge is -2.43. The summed E-state index contributed by atoms with van der Waals surface area (Å²) in [5, 5.41) is 0. The molecular weight excluding hydrogens is 442 g/mol. The molecule has 0 saturated carbocycles. The third-order valence-corrected chi connectivity index (χ3v) is 8.99. The largest absolute Gasteiger partial charge is 0.466 e. The summed E-state index contributed by atoms with van der Waals surface area (Å²) in [6.45, 7) is 15.0. The molecule has 7 heteroatoms. The molecule has 1 fully saturated rings. The predicted octanol–water partition coefficient (Wildman–Crippen LogP) is 6.49. The molecule has 0 unspecified atom stereocenters. The van der Waals surface area contributed by atoms with Crippen LogP contribution in [0, 0.1) is 5.41 Å². The van der Waals surface area contributed by atoms with Crippen molar-refractivity contribution >= 4 is 33.5 Å². The zero-order valence-electron chi connectivity index (χ0n) is 21.4. The zero-order valence-corrected chi connectivity index (χ0v) is 23.0. The highest BCUT2D eigenvalue weighted by Crippen LogP contribution is 2.37. The van der Waals surface area contributed by atoms with Gasteiger partial charge in [0.25, 0.3) is 0 Å². The summed E-state index contributed by atoms with van der Waals surface area (Å²) in [6, 6.07) is 0.547. The quantitative estimate of drug-likeness (QED) is 0.139. The van der Waals surface area contributed by atoms with Gasteiger partial charge in [-0.15, -0.1) is 0 Å². The Labute approximate surface area is 204 Å². The van der Waals surface area contributed by atoms with Gasteiger partial charge in [0.2, 0.25) is 0 Å². The minimum atomic E-state index is -0.0973. The summed E-state index contributed by atoms with van der Waals surface area (Å²) >= 11 is 0. The second-order valence-corrected chi connectivity index (χ2v) is 12.8. The highest BCUT2D eigenvalue weighted by Gasteiger charge is 2.35. The van der Waals surface area contributed by atoms with E-state index in [0.29, 0.717) is 32.1 Å². The number of nitrogens with zero attached hydrogens (tertiary/aromatic N) is 1. The van der Waals surface area contributed by atoms with Crippen LogP contribution in [-0.2, 0) is 19.1 Å². The molecule has 1 heterocycles. The van der Waals surface area contributed by atoms with E-state index < -0.39 is 0 Å². The molecule has 1 saturated heterocycles. The number of esters is 2. The molecule has 1 aliphatic heterocycles. The SMILES string of the molecule is CCC(C)(CC)N(CCC(=O)OCCCCCCOC(=O)CCC(C)(C)C)C1CSSC1. The van der Waals surface area contributed by atoms with Crippen molar-refractivity contribution in [2.45, 2.75) is 111 Å². The number of carbonyl (C=O) groups excluding carboxylic acids is 2. The van der Waals surface area contributed by atoms with Gasteiger partial charge in [0.1, 0.15) is 0 Å². The van der Waals surface area contributed by atoms with E-state index in [1.807, 2.05) is 21.6 Å². The van der Waals surface area contributed by atoms with Gasteiger partial charge in [-0.1, -0.05) is 56.2 Å². The van der Waals surface area contributed by atoms with E-state index in [-0.39, 0.29) is 22.9 Å². The first-order valence-electron chi connectivity index (χ1n) is 12.4. The Morgan fingerprint density at radius 1 is 0.844 bits per heavy atom. The fourth-order valence-corrected chi connectivity index (χ4v) is 6.56. The number of unbranched alkanes of at least 4 members (excludes halogenated alkanes) is 3. The minimum absolute atomic E-state index is 0.0874. The van der Waals surface area contributed by atoms with Crippen LogP contribution in [0.2, 0.25) is 0 Å². The van der Waals surface area contributed by atoms with Gasteiger partial charge in [0.05, 0.1) is 19.6 Å². The standard InChI is InChI=1S/C25H47NO4S2/c1-7-25(6,8-2)26(21-19-31-32-20-21)16-14-23(28)30-18-12-10-9-11-17-29-22(27)13-15-24(3,4)5/h21H,7-20H2,1-6H3. The fraction of sp³-hybridized carbons (Fsp3) is 0.920. The van der Waals surface area contributed by atoms with Gasteiger partial charge in [-0.3, -0.25) is 14.5 Å². The first-order chi connectivity index (χ1) is 15.1. The van der Waals surface area contributed by atoms with Gasteiger partial charge in [-0.25, -0.2) is 0 Å². The van der Waals surface area contributed by atoms with E-state index in [4.69, 9.17) is 9.47 Å². The first-order valence-corrected chi connectivity index (χ1v) is 14.9. The minimum Gasteiger partial charge on any atom is -0.466 e. The maximum absolute atomic E-state index is 12.3. The molecule has 0 aromatic heterocycles. The molecule has 0 atom stereocenters. The molecule has 0 aliphatic carbocycles. The molecule has 0 N–H and O–H groups in total. The van der Waals surface area contributed by atoms with Crippen LogP contribution in [0.5, 0.6) is 0 Å². The van der Waals surface area contributed by atoms with E-state index in [1.54, 1.807) is 0 Å². The number of hydrogen-bond acceptors (Lipinski definition) is 7. The van der Waals surface area contributed by atoms with Crippen molar-refractivity contribution in [1.29, 1.82) is 0 Å². The summed E-state index contributed by atoms with van der Waals surface area (Å²) in [5.74, 6) is 2.10. The predicted molar refractivity (Wildman–Crippen MR) is 138 cm³/mol. The number of rotatable bonds is 16. The van der Waals surface area contributed by atoms with Crippen LogP contribution >= 0.6 is 21.6 Å². The molecule has 0 radical (unpaired) electrons. The van der Waals surface area contributed by atoms with Gasteiger partial charge >= 0.3 is 11.9 Å². The molecule has 32 heavy (non-hydrogen) atoms. The van der Waals surface area contributed by atoms with Gasteiger partial charge in [0, 0.05) is 36.1 Å². The van der Waals surface area contributed by atoms with Crippen LogP contribution in [0.4, 0.5) is 0 Å². The number of ether oxygens (including phenoxy) is 2. The van der Waals surface area contributed by atoms with E-state index in [0.717, 1.165) is 63.0 Å². The lowest BCUT2D eigenvalue weighted by atomic mass is 9.91. The van der Waals surface area contributed by atoms with Crippen molar-refractivity contribution in [3.8, 4) is 0 Å². The van der Waals surface area contributed by atoms with Crippen molar-refractivity contribution in [2.75, 3.05) is 31.3 Å². The van der Waals surface area contributed by atoms with Gasteiger partial charge in [-0.2, -0.15) is 0 Å². The molecular formula is C25H47NO4S2. The van der Waals surface area contributed by atoms with Crippen molar-refractivity contribution in [3.63, 3.8) is 0 Å². The van der Waals surface area contributed by atoms with Crippen LogP contribution in [-0.4, -0.2) is 59.7 Å². The fourth-order valence-electron chi connectivity index (χ4n) is 3.79. The van der Waals surface area contributed by atoms with E-state index in [2.05, 4.69) is 46.4 Å². The smallest absolute Gasteiger partial charge is 0.307 e. The summed E-state index contributed by atoms with van der Waals surface area (Å²) in [4.78, 5) is 26.6. The van der Waals surface area contributed by atoms with Gasteiger partial charge in [-0.05, 0) is 57.3 Å². The first kappa shape index (κ1) is 29.6. The van der Waals surface area contributed by atoms with Gasteiger partial charge < -0.3 is 9.47 Å². The topological polar surface area (TPSA) is 55.8 Å². The van der Waals surface area contributed by atoms with Crippen LogP contribution in [0.25, 0.3) is 0 Å². The zero-order chi connectivity index (χ0) is 24.0. The normalized spacial score (nSPS) is 15.3. The number of carbonyl (C=O) groups is 2. The molecule has 0 bridgehead atoms. The van der Waals surface area contributed by atoms with Crippen molar-refractivity contribution in [1.82, 2.24) is 4.90 Å². The molecule has 188 valence electrons. The highest BCUT2D eigenvalue weighted by atomic mass is 33.1. The molecule has 0 amide bonds. The second-order valence-electron chi connectivity index (χ2n) is 10.3. The monoisotopic (exact) mass is 489 g/mol. The van der Waals surface area contributed by atoms with E-state index in [9.17, 15) is 9.59 Å². The average Bonchev–Trinajstić information content (AvgIpc) is 3.27. The lowest BCUT2D eigenvalue weighted by molar-refractivity contribution is -0.145. The summed E-state index contributed by atoms with van der Waals surface area (Å²) in [7, 11) is 3.89. The van der Waals surface area contributed by atoms with Crippen LogP contribution in [0.15, 0.2) is 0 Å². The Morgan fingerprint density at radius 2 is 1.34 bits per heavy atom. The molecule has 0 aromatic carbocycles. The molecule has 5 nitrogen and oxygen atoms in total. The average molecular weight is 490 g/mol. The third kappa shape index (κ3) is 12.2. The van der Waals surface area contributed by atoms with Crippen molar-refractivity contribution < 1.29 is 19.1 Å². The third-order valence-electron chi connectivity index (χ3n) is 6.46. The number of hydrogen-bond donors (Lipinski definition) is 0. The molecule has 1 aliphatic rings. The van der Waals surface area contributed by atoms with Crippen LogP contribution in [0.3, 0.4) is 0 Å². The molecule has 0 aromatic rings. The molecule has 0 spiro atoms. The van der Waals surface area contributed by atoms with Crippen molar-refractivity contribution in [3.05, 3.63) is 0 Å². The highest BCUT2D eigenvalue weighted by molar-refractivity contribution is 8.77. The molecule has 1 rings (SSSR count). The second kappa shape index (κ2) is 15.5. The Balaban J connectivity index is 2.14. The van der Waals surface area contributed by atoms with Crippen LogP contribution < -0.4 is 0 Å². The van der Waals surface area contributed by atoms with E-state index >= 15 is 0 Å². The summed E-state index contributed by atoms with van der Waals surface area (Å²) < 4.78 is 10.8. The summed E-state index contributed by atoms with van der Waals surface area (Å²) in [6.07, 6.45) is 7.70. The van der Waals surface area contributed by atoms with Gasteiger partial charge in [0.15, 0.2) is 0 Å². The Kier molecular flexibility index (Phi) is 14.3. The maximum Gasteiger partial charge on any atom is 0.307 e.